The summed E-state index contributed by atoms with van der Waals surface area (Å²) in [6.45, 7) is 3.99. The minimum Gasteiger partial charge on any atom is -0.496 e. The van der Waals surface area contributed by atoms with Gasteiger partial charge in [0.25, 0.3) is 0 Å². The predicted molar refractivity (Wildman–Crippen MR) is 76.1 cm³/mol. The molecule has 5 heteroatoms. The first-order valence-corrected chi connectivity index (χ1v) is 6.59. The molecule has 1 aromatic carbocycles. The van der Waals surface area contributed by atoms with Crippen molar-refractivity contribution in [2.75, 3.05) is 12.4 Å². The Hall–Kier alpha value is -2.30. The molecule has 3 rings (SSSR count). The standard InChI is InChI=1S/C15H17N3O2/c1-8-6-10(4-5-12(8)20-3)11-7-13(19)16-15-14(11)9(2)17-18-15/h4-6,11H,7H2,1-3H3,(H2,16,17,18,19). The fraction of sp³-hybridized carbons (Fsp3) is 0.333. The highest BCUT2D eigenvalue weighted by Crippen LogP contribution is 2.38. The van der Waals surface area contributed by atoms with Crippen LogP contribution in [0.5, 0.6) is 5.75 Å². The van der Waals surface area contributed by atoms with Crippen LogP contribution in [0.25, 0.3) is 0 Å². The van der Waals surface area contributed by atoms with Crippen molar-refractivity contribution in [3.63, 3.8) is 0 Å². The van der Waals surface area contributed by atoms with Crippen molar-refractivity contribution in [2.45, 2.75) is 26.2 Å². The number of nitrogens with zero attached hydrogens (tertiary/aromatic N) is 1. The zero-order valence-corrected chi connectivity index (χ0v) is 11.8. The molecule has 104 valence electrons. The molecule has 2 N–H and O–H groups in total. The van der Waals surface area contributed by atoms with Gasteiger partial charge in [-0.25, -0.2) is 0 Å². The Bertz CT molecular complexity index is 676. The molecule has 0 spiro atoms. The van der Waals surface area contributed by atoms with Gasteiger partial charge in [0, 0.05) is 23.6 Å². The average Bonchev–Trinajstić information content (AvgIpc) is 2.79. The lowest BCUT2D eigenvalue weighted by atomic mass is 9.85. The Morgan fingerprint density at radius 3 is 2.85 bits per heavy atom. The van der Waals surface area contributed by atoms with Crippen LogP contribution in [-0.2, 0) is 4.79 Å². The van der Waals surface area contributed by atoms with Crippen LogP contribution >= 0.6 is 0 Å². The number of rotatable bonds is 2. The van der Waals surface area contributed by atoms with E-state index in [2.05, 4.69) is 21.6 Å². The molecule has 1 amide bonds. The Labute approximate surface area is 117 Å². The normalized spacial score (nSPS) is 17.6. The van der Waals surface area contributed by atoms with Crippen molar-refractivity contribution in [3.8, 4) is 5.75 Å². The number of hydrogen-bond donors (Lipinski definition) is 2. The Balaban J connectivity index is 2.08. The topological polar surface area (TPSA) is 67.0 Å². The first kappa shape index (κ1) is 12.7. The molecule has 1 atom stereocenters. The van der Waals surface area contributed by atoms with E-state index in [0.717, 1.165) is 28.1 Å². The van der Waals surface area contributed by atoms with Crippen molar-refractivity contribution >= 4 is 11.7 Å². The van der Waals surface area contributed by atoms with E-state index in [9.17, 15) is 4.79 Å². The van der Waals surface area contributed by atoms with Crippen LogP contribution in [0.4, 0.5) is 5.82 Å². The number of amides is 1. The van der Waals surface area contributed by atoms with E-state index in [-0.39, 0.29) is 11.8 Å². The predicted octanol–water partition coefficient (Wildman–Crippen LogP) is 2.51. The van der Waals surface area contributed by atoms with Gasteiger partial charge in [0.1, 0.15) is 5.75 Å². The molecule has 1 aliphatic heterocycles. The van der Waals surface area contributed by atoms with Crippen LogP contribution in [-0.4, -0.2) is 23.2 Å². The van der Waals surface area contributed by atoms with E-state index in [0.29, 0.717) is 12.2 Å². The SMILES string of the molecule is COc1ccc(C2CC(=O)Nc3n[nH]c(C)c32)cc1C. The van der Waals surface area contributed by atoms with Gasteiger partial charge >= 0.3 is 0 Å². The van der Waals surface area contributed by atoms with Gasteiger partial charge in [-0.15, -0.1) is 0 Å². The van der Waals surface area contributed by atoms with Crippen molar-refractivity contribution < 1.29 is 9.53 Å². The maximum Gasteiger partial charge on any atom is 0.226 e. The lowest BCUT2D eigenvalue weighted by Crippen LogP contribution is -2.23. The van der Waals surface area contributed by atoms with Gasteiger partial charge in [-0.1, -0.05) is 12.1 Å². The maximum absolute atomic E-state index is 11.8. The fourth-order valence-electron chi connectivity index (χ4n) is 2.83. The van der Waals surface area contributed by atoms with E-state index in [4.69, 9.17) is 4.74 Å². The van der Waals surface area contributed by atoms with Gasteiger partial charge in [-0.05, 0) is 31.0 Å². The number of H-pyrrole nitrogens is 1. The Morgan fingerprint density at radius 1 is 1.35 bits per heavy atom. The summed E-state index contributed by atoms with van der Waals surface area (Å²) in [6, 6.07) is 6.05. The van der Waals surface area contributed by atoms with Crippen molar-refractivity contribution in [3.05, 3.63) is 40.6 Å². The summed E-state index contributed by atoms with van der Waals surface area (Å²) < 4.78 is 5.29. The molecule has 1 unspecified atom stereocenters. The van der Waals surface area contributed by atoms with Gasteiger partial charge in [0.15, 0.2) is 5.82 Å². The second kappa shape index (κ2) is 4.67. The third-order valence-electron chi connectivity index (χ3n) is 3.81. The van der Waals surface area contributed by atoms with Crippen LogP contribution in [0.15, 0.2) is 18.2 Å². The van der Waals surface area contributed by atoms with Gasteiger partial charge in [0.05, 0.1) is 7.11 Å². The highest BCUT2D eigenvalue weighted by molar-refractivity contribution is 5.94. The zero-order valence-electron chi connectivity index (χ0n) is 11.8. The van der Waals surface area contributed by atoms with Gasteiger partial charge in [-0.3, -0.25) is 9.89 Å². The largest absolute Gasteiger partial charge is 0.496 e. The van der Waals surface area contributed by atoms with E-state index < -0.39 is 0 Å². The number of aryl methyl sites for hydroxylation is 2. The highest BCUT2D eigenvalue weighted by Gasteiger charge is 2.30. The highest BCUT2D eigenvalue weighted by atomic mass is 16.5. The molecule has 2 heterocycles. The molecule has 20 heavy (non-hydrogen) atoms. The molecule has 2 aromatic rings. The third-order valence-corrected chi connectivity index (χ3v) is 3.81. The van der Waals surface area contributed by atoms with Crippen LogP contribution in [0.1, 0.15) is 34.7 Å². The van der Waals surface area contributed by atoms with Crippen LogP contribution in [0.3, 0.4) is 0 Å². The molecule has 0 radical (unpaired) electrons. The Morgan fingerprint density at radius 2 is 2.15 bits per heavy atom. The number of carbonyl (C=O) groups excluding carboxylic acids is 1. The number of methoxy groups -OCH3 is 1. The van der Waals surface area contributed by atoms with Gasteiger partial charge < -0.3 is 10.1 Å². The summed E-state index contributed by atoms with van der Waals surface area (Å²) >= 11 is 0. The van der Waals surface area contributed by atoms with E-state index in [1.807, 2.05) is 26.0 Å². The molecular weight excluding hydrogens is 254 g/mol. The number of carbonyl (C=O) groups is 1. The monoisotopic (exact) mass is 271 g/mol. The van der Waals surface area contributed by atoms with Crippen LogP contribution < -0.4 is 10.1 Å². The summed E-state index contributed by atoms with van der Waals surface area (Å²) in [7, 11) is 1.66. The first-order valence-electron chi connectivity index (χ1n) is 6.59. The van der Waals surface area contributed by atoms with Gasteiger partial charge in [0.2, 0.25) is 5.91 Å². The van der Waals surface area contributed by atoms with E-state index in [1.165, 1.54) is 0 Å². The number of fused-ring (bicyclic) bond motifs is 1. The van der Waals surface area contributed by atoms with E-state index in [1.54, 1.807) is 7.11 Å². The van der Waals surface area contributed by atoms with Crippen LogP contribution in [0.2, 0.25) is 0 Å². The molecule has 0 saturated heterocycles. The summed E-state index contributed by atoms with van der Waals surface area (Å²) in [5.41, 5.74) is 4.26. The average molecular weight is 271 g/mol. The molecule has 0 aliphatic carbocycles. The zero-order chi connectivity index (χ0) is 14.3. The molecule has 5 nitrogen and oxygen atoms in total. The van der Waals surface area contributed by atoms with E-state index >= 15 is 0 Å². The molecule has 0 fully saturated rings. The number of benzene rings is 1. The van der Waals surface area contributed by atoms with Crippen molar-refractivity contribution in [1.82, 2.24) is 10.2 Å². The van der Waals surface area contributed by atoms with Crippen molar-refractivity contribution in [2.24, 2.45) is 0 Å². The number of ether oxygens (including phenoxy) is 1. The van der Waals surface area contributed by atoms with Crippen LogP contribution in [0, 0.1) is 13.8 Å². The summed E-state index contributed by atoms with van der Waals surface area (Å²) in [4.78, 5) is 11.8. The minimum atomic E-state index is 0.00229. The summed E-state index contributed by atoms with van der Waals surface area (Å²) in [6.07, 6.45) is 0.444. The lowest BCUT2D eigenvalue weighted by Gasteiger charge is -2.23. The quantitative estimate of drug-likeness (QED) is 0.882. The second-order valence-corrected chi connectivity index (χ2v) is 5.14. The number of aromatic nitrogens is 2. The molecule has 1 aromatic heterocycles. The van der Waals surface area contributed by atoms with Gasteiger partial charge in [-0.2, -0.15) is 5.10 Å². The number of nitrogens with one attached hydrogen (secondary N) is 2. The minimum absolute atomic E-state index is 0.00229. The molecule has 1 aliphatic rings. The first-order chi connectivity index (χ1) is 9.60. The third kappa shape index (κ3) is 1.95. The molecule has 0 saturated carbocycles. The maximum atomic E-state index is 11.8. The lowest BCUT2D eigenvalue weighted by molar-refractivity contribution is -0.116. The van der Waals surface area contributed by atoms with Crippen molar-refractivity contribution in [1.29, 1.82) is 0 Å². The number of hydrogen-bond acceptors (Lipinski definition) is 3. The second-order valence-electron chi connectivity index (χ2n) is 5.14. The fourth-order valence-corrected chi connectivity index (χ4v) is 2.83. The number of aromatic amines is 1. The number of anilines is 1. The molecule has 0 bridgehead atoms. The molecular formula is C15H17N3O2. The summed E-state index contributed by atoms with van der Waals surface area (Å²) in [5.74, 6) is 1.56. The smallest absolute Gasteiger partial charge is 0.226 e. The Kier molecular flexibility index (Phi) is 2.97. The summed E-state index contributed by atoms with van der Waals surface area (Å²) in [5, 5.41) is 9.92.